The summed E-state index contributed by atoms with van der Waals surface area (Å²) in [6.45, 7) is 3.91. The van der Waals surface area contributed by atoms with Gasteiger partial charge in [0.1, 0.15) is 0 Å². The van der Waals surface area contributed by atoms with Gasteiger partial charge in [0.2, 0.25) is 0 Å². The maximum Gasteiger partial charge on any atom is 0.358 e. The minimum absolute atomic E-state index is 0.0348. The van der Waals surface area contributed by atoms with Crippen LogP contribution in [-0.2, 0) is 6.42 Å². The average molecular weight is 245 g/mol. The van der Waals surface area contributed by atoms with E-state index in [2.05, 4.69) is 10.3 Å². The lowest BCUT2D eigenvalue weighted by Crippen LogP contribution is -2.11. The minimum Gasteiger partial charge on any atom is -0.476 e. The van der Waals surface area contributed by atoms with Crippen LogP contribution in [0.25, 0.3) is 0 Å². The van der Waals surface area contributed by atoms with E-state index in [0.29, 0.717) is 12.1 Å². The molecule has 94 valence electrons. The largest absolute Gasteiger partial charge is 0.476 e. The maximum atomic E-state index is 11.1. The van der Waals surface area contributed by atoms with Gasteiger partial charge in [-0.05, 0) is 19.4 Å². The van der Waals surface area contributed by atoms with Gasteiger partial charge in [-0.25, -0.2) is 9.48 Å². The second kappa shape index (κ2) is 5.00. The molecule has 2 rings (SSSR count). The van der Waals surface area contributed by atoms with Gasteiger partial charge >= 0.3 is 5.97 Å². The molecule has 5 nitrogen and oxygen atoms in total. The highest BCUT2D eigenvalue weighted by Gasteiger charge is 2.20. The Labute approximate surface area is 105 Å². The number of rotatable bonds is 4. The molecule has 0 bridgehead atoms. The van der Waals surface area contributed by atoms with E-state index in [1.165, 1.54) is 0 Å². The monoisotopic (exact) mass is 245 g/mol. The molecule has 1 aromatic carbocycles. The van der Waals surface area contributed by atoms with E-state index < -0.39 is 5.97 Å². The molecule has 0 aliphatic rings. The summed E-state index contributed by atoms with van der Waals surface area (Å²) < 4.78 is 1.66. The van der Waals surface area contributed by atoms with Crippen molar-refractivity contribution in [3.8, 4) is 0 Å². The molecule has 2 aromatic rings. The summed E-state index contributed by atoms with van der Waals surface area (Å²) in [6, 6.07) is 9.80. The highest BCUT2D eigenvalue weighted by molar-refractivity contribution is 5.86. The number of hydrogen-bond donors (Lipinski definition) is 1. The molecule has 0 saturated heterocycles. The molecule has 1 N–H and O–H groups in total. The van der Waals surface area contributed by atoms with Gasteiger partial charge in [0.15, 0.2) is 5.69 Å². The number of carboxylic acids is 1. The molecule has 0 atom stereocenters. The van der Waals surface area contributed by atoms with Crippen LogP contribution in [0.2, 0.25) is 0 Å². The molecule has 0 amide bonds. The summed E-state index contributed by atoms with van der Waals surface area (Å²) in [5.41, 5.74) is 1.72. The summed E-state index contributed by atoms with van der Waals surface area (Å²) in [7, 11) is 0. The lowest BCUT2D eigenvalue weighted by molar-refractivity contribution is 0.0689. The lowest BCUT2D eigenvalue weighted by atomic mass is 10.1. The third-order valence-corrected chi connectivity index (χ3v) is 2.70. The first-order chi connectivity index (χ1) is 8.59. The van der Waals surface area contributed by atoms with Crippen molar-refractivity contribution in [2.24, 2.45) is 0 Å². The summed E-state index contributed by atoms with van der Waals surface area (Å²) in [4.78, 5) is 11.1. The zero-order valence-electron chi connectivity index (χ0n) is 10.4. The van der Waals surface area contributed by atoms with Gasteiger partial charge in [0.25, 0.3) is 0 Å². The minimum atomic E-state index is -1.03. The van der Waals surface area contributed by atoms with Gasteiger partial charge in [-0.3, -0.25) is 0 Å². The first kappa shape index (κ1) is 12.3. The third kappa shape index (κ3) is 2.40. The number of aromatic nitrogens is 3. The van der Waals surface area contributed by atoms with Crippen LogP contribution in [0.4, 0.5) is 0 Å². The van der Waals surface area contributed by atoms with Gasteiger partial charge < -0.3 is 5.11 Å². The fourth-order valence-electron chi connectivity index (χ4n) is 1.85. The zero-order valence-corrected chi connectivity index (χ0v) is 10.4. The number of carboxylic acid groups (broad SMARTS) is 1. The molecule has 5 heteroatoms. The van der Waals surface area contributed by atoms with Crippen LogP contribution < -0.4 is 0 Å². The molecular formula is C13H15N3O2. The Morgan fingerprint density at radius 2 is 2.00 bits per heavy atom. The Kier molecular flexibility index (Phi) is 3.41. The predicted molar refractivity (Wildman–Crippen MR) is 66.6 cm³/mol. The number of hydrogen-bond acceptors (Lipinski definition) is 3. The van der Waals surface area contributed by atoms with Crippen LogP contribution in [-0.4, -0.2) is 26.1 Å². The third-order valence-electron chi connectivity index (χ3n) is 2.70. The number of carbonyl (C=O) groups is 1. The summed E-state index contributed by atoms with van der Waals surface area (Å²) in [5, 5.41) is 16.8. The van der Waals surface area contributed by atoms with E-state index >= 15 is 0 Å². The molecule has 0 unspecified atom stereocenters. The van der Waals surface area contributed by atoms with E-state index in [1.54, 1.807) is 4.68 Å². The molecule has 0 fully saturated rings. The Bertz CT molecular complexity index is 547. The van der Waals surface area contributed by atoms with E-state index in [0.717, 1.165) is 5.56 Å². The summed E-state index contributed by atoms with van der Waals surface area (Å²) in [5.74, 6) is -1.03. The maximum absolute atomic E-state index is 11.1. The van der Waals surface area contributed by atoms with Crippen molar-refractivity contribution < 1.29 is 9.90 Å². The number of aromatic carboxylic acids is 1. The van der Waals surface area contributed by atoms with Crippen molar-refractivity contribution in [3.63, 3.8) is 0 Å². The molecule has 0 aliphatic heterocycles. The first-order valence-corrected chi connectivity index (χ1v) is 5.81. The lowest BCUT2D eigenvalue weighted by Gasteiger charge is -2.10. The molecular weight excluding hydrogens is 230 g/mol. The van der Waals surface area contributed by atoms with Crippen molar-refractivity contribution in [2.45, 2.75) is 26.3 Å². The van der Waals surface area contributed by atoms with Crippen LogP contribution in [0.1, 0.15) is 41.6 Å². The highest BCUT2D eigenvalue weighted by Crippen LogP contribution is 2.16. The quantitative estimate of drug-likeness (QED) is 0.896. The van der Waals surface area contributed by atoms with Crippen molar-refractivity contribution in [1.29, 1.82) is 0 Å². The zero-order chi connectivity index (χ0) is 13.1. The summed E-state index contributed by atoms with van der Waals surface area (Å²) in [6.07, 6.45) is 0.521. The number of benzene rings is 1. The predicted octanol–water partition coefficient (Wildman–Crippen LogP) is 2.15. The van der Waals surface area contributed by atoms with E-state index in [1.807, 2.05) is 44.2 Å². The molecule has 1 heterocycles. The van der Waals surface area contributed by atoms with E-state index in [9.17, 15) is 4.79 Å². The normalized spacial score (nSPS) is 10.8. The van der Waals surface area contributed by atoms with E-state index in [-0.39, 0.29) is 11.7 Å². The second-order valence-corrected chi connectivity index (χ2v) is 4.39. The Hall–Kier alpha value is -2.17. The smallest absolute Gasteiger partial charge is 0.358 e. The molecule has 0 aliphatic carbocycles. The van der Waals surface area contributed by atoms with Crippen molar-refractivity contribution >= 4 is 5.97 Å². The summed E-state index contributed by atoms with van der Waals surface area (Å²) >= 11 is 0. The molecule has 1 aromatic heterocycles. The molecule has 18 heavy (non-hydrogen) atoms. The average Bonchev–Trinajstić information content (AvgIpc) is 2.74. The fourth-order valence-corrected chi connectivity index (χ4v) is 1.85. The van der Waals surface area contributed by atoms with Crippen molar-refractivity contribution in [2.75, 3.05) is 0 Å². The van der Waals surface area contributed by atoms with Gasteiger partial charge in [-0.2, -0.15) is 0 Å². The van der Waals surface area contributed by atoms with Gasteiger partial charge in [-0.1, -0.05) is 35.5 Å². The van der Waals surface area contributed by atoms with Crippen molar-refractivity contribution in [3.05, 3.63) is 47.3 Å². The van der Waals surface area contributed by atoms with Crippen molar-refractivity contribution in [1.82, 2.24) is 15.0 Å². The van der Waals surface area contributed by atoms with Crippen LogP contribution in [0.15, 0.2) is 30.3 Å². The molecule has 0 saturated carbocycles. The highest BCUT2D eigenvalue weighted by atomic mass is 16.4. The molecule has 0 spiro atoms. The Balaban J connectivity index is 2.41. The van der Waals surface area contributed by atoms with Gasteiger partial charge in [-0.15, -0.1) is 5.10 Å². The molecule has 0 radical (unpaired) electrons. The van der Waals surface area contributed by atoms with Gasteiger partial charge in [0, 0.05) is 12.5 Å². The topological polar surface area (TPSA) is 68.0 Å². The van der Waals surface area contributed by atoms with Crippen LogP contribution in [0, 0.1) is 0 Å². The SMILES string of the molecule is CC(C)n1nnc(C(=O)O)c1Cc1ccccc1. The van der Waals surface area contributed by atoms with Gasteiger partial charge in [0.05, 0.1) is 5.69 Å². The standard InChI is InChI=1S/C13H15N3O2/c1-9(2)16-11(12(13(17)18)14-15-16)8-10-6-4-3-5-7-10/h3-7,9H,8H2,1-2H3,(H,17,18). The second-order valence-electron chi connectivity index (χ2n) is 4.39. The fraction of sp³-hybridized carbons (Fsp3) is 0.308. The van der Waals surface area contributed by atoms with Crippen LogP contribution in [0.3, 0.4) is 0 Å². The Morgan fingerprint density at radius 1 is 1.33 bits per heavy atom. The van der Waals surface area contributed by atoms with Crippen LogP contribution >= 0.6 is 0 Å². The van der Waals surface area contributed by atoms with Crippen LogP contribution in [0.5, 0.6) is 0 Å². The first-order valence-electron chi connectivity index (χ1n) is 5.81. The number of nitrogens with zero attached hydrogens (tertiary/aromatic N) is 3. The Morgan fingerprint density at radius 3 is 2.56 bits per heavy atom. The van der Waals surface area contributed by atoms with E-state index in [4.69, 9.17) is 5.11 Å².